The fraction of sp³-hybridized carbons (Fsp3) is 0.417. The normalized spacial score (nSPS) is 12.6. The Balaban J connectivity index is 2.77. The molecular weight excluding hydrogens is 202 g/mol. The zero-order chi connectivity index (χ0) is 12.1. The number of hydrazine groups is 1. The molecule has 0 saturated carbocycles. The lowest BCUT2D eigenvalue weighted by Crippen LogP contribution is -2.32. The SMILES string of the molecule is CC(=O)Nc1cccc(C(C)NN(C)C)c1. The van der Waals surface area contributed by atoms with E-state index < -0.39 is 0 Å². The van der Waals surface area contributed by atoms with Gasteiger partial charge in [0.2, 0.25) is 5.91 Å². The molecule has 0 aliphatic heterocycles. The van der Waals surface area contributed by atoms with Gasteiger partial charge in [-0.25, -0.2) is 5.43 Å². The number of anilines is 1. The molecule has 0 saturated heterocycles. The number of nitrogens with one attached hydrogen (secondary N) is 2. The monoisotopic (exact) mass is 221 g/mol. The number of amides is 1. The lowest BCUT2D eigenvalue weighted by Gasteiger charge is -2.20. The molecule has 1 aromatic carbocycles. The summed E-state index contributed by atoms with van der Waals surface area (Å²) in [6, 6.07) is 8.04. The standard InChI is InChI=1S/C12H19N3O/c1-9(14-15(3)4)11-6-5-7-12(8-11)13-10(2)16/h5-9,14H,1-4H3,(H,13,16). The van der Waals surface area contributed by atoms with Crippen LogP contribution in [0.4, 0.5) is 5.69 Å². The highest BCUT2D eigenvalue weighted by Gasteiger charge is 2.06. The quantitative estimate of drug-likeness (QED) is 0.762. The molecule has 0 radical (unpaired) electrons. The highest BCUT2D eigenvalue weighted by atomic mass is 16.1. The van der Waals surface area contributed by atoms with Crippen LogP contribution in [0, 0.1) is 0 Å². The molecule has 0 spiro atoms. The first-order valence-corrected chi connectivity index (χ1v) is 5.30. The fourth-order valence-electron chi connectivity index (χ4n) is 1.55. The first kappa shape index (κ1) is 12.7. The van der Waals surface area contributed by atoms with E-state index in [1.807, 2.05) is 43.4 Å². The number of nitrogens with zero attached hydrogens (tertiary/aromatic N) is 1. The summed E-state index contributed by atoms with van der Waals surface area (Å²) in [4.78, 5) is 10.9. The van der Waals surface area contributed by atoms with E-state index in [4.69, 9.17) is 0 Å². The van der Waals surface area contributed by atoms with Gasteiger partial charge < -0.3 is 5.32 Å². The summed E-state index contributed by atoms with van der Waals surface area (Å²) < 4.78 is 0. The molecule has 16 heavy (non-hydrogen) atoms. The molecule has 4 heteroatoms. The molecule has 1 atom stereocenters. The number of rotatable bonds is 4. The van der Waals surface area contributed by atoms with E-state index in [2.05, 4.69) is 17.7 Å². The zero-order valence-electron chi connectivity index (χ0n) is 10.2. The highest BCUT2D eigenvalue weighted by molar-refractivity contribution is 5.88. The van der Waals surface area contributed by atoms with E-state index in [-0.39, 0.29) is 11.9 Å². The summed E-state index contributed by atoms with van der Waals surface area (Å²) >= 11 is 0. The summed E-state index contributed by atoms with van der Waals surface area (Å²) in [5, 5.41) is 4.69. The molecule has 0 bridgehead atoms. The Bertz CT molecular complexity index is 363. The van der Waals surface area contributed by atoms with Crippen LogP contribution in [0.25, 0.3) is 0 Å². The number of hydrogen-bond acceptors (Lipinski definition) is 3. The highest BCUT2D eigenvalue weighted by Crippen LogP contribution is 2.17. The van der Waals surface area contributed by atoms with Crippen molar-refractivity contribution in [2.75, 3.05) is 19.4 Å². The fourth-order valence-corrected chi connectivity index (χ4v) is 1.55. The Morgan fingerprint density at radius 3 is 2.62 bits per heavy atom. The maximum Gasteiger partial charge on any atom is 0.221 e. The van der Waals surface area contributed by atoms with Gasteiger partial charge >= 0.3 is 0 Å². The molecule has 4 nitrogen and oxygen atoms in total. The Hall–Kier alpha value is -1.39. The molecule has 1 amide bonds. The second-order valence-corrected chi connectivity index (χ2v) is 4.05. The van der Waals surface area contributed by atoms with Crippen molar-refractivity contribution >= 4 is 11.6 Å². The molecule has 1 rings (SSSR count). The first-order chi connectivity index (χ1) is 7.49. The number of carbonyl (C=O) groups is 1. The van der Waals surface area contributed by atoms with Gasteiger partial charge in [0.15, 0.2) is 0 Å². The van der Waals surface area contributed by atoms with Crippen LogP contribution in [0.2, 0.25) is 0 Å². The molecule has 2 N–H and O–H groups in total. The van der Waals surface area contributed by atoms with E-state index in [0.717, 1.165) is 11.3 Å². The summed E-state index contributed by atoms with van der Waals surface area (Å²) in [5.41, 5.74) is 5.23. The van der Waals surface area contributed by atoms with Crippen LogP contribution in [-0.4, -0.2) is 25.0 Å². The number of carbonyl (C=O) groups excluding carboxylic acids is 1. The van der Waals surface area contributed by atoms with Crippen LogP contribution in [0.3, 0.4) is 0 Å². The summed E-state index contributed by atoms with van der Waals surface area (Å²) in [5.74, 6) is -0.0506. The molecule has 0 aromatic heterocycles. The van der Waals surface area contributed by atoms with Gasteiger partial charge in [-0.2, -0.15) is 0 Å². The van der Waals surface area contributed by atoms with Gasteiger partial charge in [0.25, 0.3) is 0 Å². The lowest BCUT2D eigenvalue weighted by atomic mass is 10.1. The van der Waals surface area contributed by atoms with E-state index in [1.165, 1.54) is 6.92 Å². The van der Waals surface area contributed by atoms with Gasteiger partial charge in [-0.15, -0.1) is 0 Å². The van der Waals surface area contributed by atoms with Gasteiger partial charge in [0.1, 0.15) is 0 Å². The predicted octanol–water partition coefficient (Wildman–Crippen LogP) is 1.77. The van der Waals surface area contributed by atoms with Crippen molar-refractivity contribution in [3.8, 4) is 0 Å². The third kappa shape index (κ3) is 4.00. The van der Waals surface area contributed by atoms with Crippen LogP contribution in [0.5, 0.6) is 0 Å². The maximum atomic E-state index is 10.9. The van der Waals surface area contributed by atoms with Gasteiger partial charge in [-0.05, 0) is 24.6 Å². The maximum absolute atomic E-state index is 10.9. The van der Waals surface area contributed by atoms with Crippen molar-refractivity contribution in [3.63, 3.8) is 0 Å². The molecule has 1 aromatic rings. The van der Waals surface area contributed by atoms with E-state index in [9.17, 15) is 4.79 Å². The van der Waals surface area contributed by atoms with Crippen LogP contribution in [0.15, 0.2) is 24.3 Å². The lowest BCUT2D eigenvalue weighted by molar-refractivity contribution is -0.114. The van der Waals surface area contributed by atoms with E-state index >= 15 is 0 Å². The van der Waals surface area contributed by atoms with E-state index in [0.29, 0.717) is 0 Å². The Morgan fingerprint density at radius 1 is 1.38 bits per heavy atom. The van der Waals surface area contributed by atoms with Crippen molar-refractivity contribution in [2.24, 2.45) is 0 Å². The minimum atomic E-state index is -0.0506. The molecule has 0 fully saturated rings. The topological polar surface area (TPSA) is 44.4 Å². The minimum Gasteiger partial charge on any atom is -0.326 e. The van der Waals surface area contributed by atoms with Crippen molar-refractivity contribution in [3.05, 3.63) is 29.8 Å². The molecular formula is C12H19N3O. The van der Waals surface area contributed by atoms with Crippen molar-refractivity contribution in [1.82, 2.24) is 10.4 Å². The molecule has 0 aliphatic rings. The third-order valence-corrected chi connectivity index (χ3v) is 2.16. The Morgan fingerprint density at radius 2 is 2.06 bits per heavy atom. The third-order valence-electron chi connectivity index (χ3n) is 2.16. The molecule has 0 aliphatic carbocycles. The van der Waals surface area contributed by atoms with Gasteiger partial charge in [-0.3, -0.25) is 9.80 Å². The summed E-state index contributed by atoms with van der Waals surface area (Å²) in [6.07, 6.45) is 0. The average molecular weight is 221 g/mol. The van der Waals surface area contributed by atoms with Crippen molar-refractivity contribution in [2.45, 2.75) is 19.9 Å². The Kier molecular flexibility index (Phi) is 4.46. The summed E-state index contributed by atoms with van der Waals surface area (Å²) in [7, 11) is 3.91. The molecule has 1 unspecified atom stereocenters. The van der Waals surface area contributed by atoms with Crippen LogP contribution >= 0.6 is 0 Å². The van der Waals surface area contributed by atoms with Crippen LogP contribution in [-0.2, 0) is 4.79 Å². The smallest absolute Gasteiger partial charge is 0.221 e. The minimum absolute atomic E-state index is 0.0506. The van der Waals surface area contributed by atoms with Gasteiger partial charge in [-0.1, -0.05) is 12.1 Å². The zero-order valence-corrected chi connectivity index (χ0v) is 10.2. The predicted molar refractivity (Wildman–Crippen MR) is 66.0 cm³/mol. The number of benzene rings is 1. The van der Waals surface area contributed by atoms with Crippen LogP contribution in [0.1, 0.15) is 25.5 Å². The van der Waals surface area contributed by atoms with Gasteiger partial charge in [0, 0.05) is 32.7 Å². The largest absolute Gasteiger partial charge is 0.326 e. The second kappa shape index (κ2) is 5.63. The molecule has 0 heterocycles. The van der Waals surface area contributed by atoms with Gasteiger partial charge in [0.05, 0.1) is 0 Å². The van der Waals surface area contributed by atoms with Crippen molar-refractivity contribution < 1.29 is 4.79 Å². The summed E-state index contributed by atoms with van der Waals surface area (Å²) in [6.45, 7) is 3.58. The average Bonchev–Trinajstić information content (AvgIpc) is 2.16. The Labute approximate surface area is 96.6 Å². The van der Waals surface area contributed by atoms with E-state index in [1.54, 1.807) is 0 Å². The first-order valence-electron chi connectivity index (χ1n) is 5.30. The molecule has 88 valence electrons. The number of hydrogen-bond donors (Lipinski definition) is 2. The second-order valence-electron chi connectivity index (χ2n) is 4.05. The van der Waals surface area contributed by atoms with Crippen molar-refractivity contribution in [1.29, 1.82) is 0 Å². The van der Waals surface area contributed by atoms with Crippen LogP contribution < -0.4 is 10.7 Å².